The number of nitro groups is 1. The molecule has 0 aliphatic rings. The van der Waals surface area contributed by atoms with Gasteiger partial charge in [-0.05, 0) is 17.5 Å². The molecule has 0 saturated carbocycles. The highest BCUT2D eigenvalue weighted by Crippen LogP contribution is 2.13. The summed E-state index contributed by atoms with van der Waals surface area (Å²) in [6, 6.07) is 16.3. The third-order valence-electron chi connectivity index (χ3n) is 3.26. The highest BCUT2D eigenvalue weighted by Gasteiger charge is 2.10. The molecule has 0 aliphatic carbocycles. The second kappa shape index (κ2) is 7.52. The van der Waals surface area contributed by atoms with Crippen molar-refractivity contribution < 1.29 is 10.0 Å². The summed E-state index contributed by atoms with van der Waals surface area (Å²) < 4.78 is 0. The van der Waals surface area contributed by atoms with Crippen molar-refractivity contribution >= 4 is 5.69 Å². The summed E-state index contributed by atoms with van der Waals surface area (Å²) in [7, 11) is 0. The van der Waals surface area contributed by atoms with Gasteiger partial charge in [0.15, 0.2) is 0 Å². The molecule has 1 atom stereocenters. The van der Waals surface area contributed by atoms with E-state index in [0.717, 1.165) is 11.1 Å². The zero-order chi connectivity index (χ0) is 15.1. The van der Waals surface area contributed by atoms with Crippen LogP contribution in [0.5, 0.6) is 0 Å². The molecule has 0 unspecified atom stereocenters. The molecule has 0 bridgehead atoms. The smallest absolute Gasteiger partial charge is 0.269 e. The molecule has 0 fully saturated rings. The van der Waals surface area contributed by atoms with Crippen LogP contribution in [0.2, 0.25) is 0 Å². The fourth-order valence-electron chi connectivity index (χ4n) is 2.14. The van der Waals surface area contributed by atoms with E-state index in [1.165, 1.54) is 6.07 Å². The van der Waals surface area contributed by atoms with Gasteiger partial charge in [-0.2, -0.15) is 0 Å². The van der Waals surface area contributed by atoms with Gasteiger partial charge >= 0.3 is 0 Å². The summed E-state index contributed by atoms with van der Waals surface area (Å²) in [6.45, 7) is 0.504. The zero-order valence-electron chi connectivity index (χ0n) is 11.6. The minimum absolute atomic E-state index is 0.0177. The van der Waals surface area contributed by atoms with Gasteiger partial charge in [-0.1, -0.05) is 42.5 Å². The van der Waals surface area contributed by atoms with Gasteiger partial charge in [-0.25, -0.2) is 0 Å². The van der Waals surface area contributed by atoms with Gasteiger partial charge in [-0.15, -0.1) is 0 Å². The second-order valence-electron chi connectivity index (χ2n) is 4.88. The Hall–Kier alpha value is -2.24. The maximum absolute atomic E-state index is 10.7. The number of aliphatic hydroxyl groups is 1. The highest BCUT2D eigenvalue weighted by molar-refractivity contribution is 5.34. The van der Waals surface area contributed by atoms with Crippen LogP contribution in [-0.2, 0) is 13.0 Å². The third-order valence-corrected chi connectivity index (χ3v) is 3.26. The molecular weight excluding hydrogens is 268 g/mol. The molecular formula is C16H18N2O3. The molecule has 5 nitrogen and oxygen atoms in total. The molecule has 2 aromatic rings. The number of rotatable bonds is 7. The number of benzene rings is 2. The topological polar surface area (TPSA) is 75.4 Å². The Morgan fingerprint density at radius 1 is 1.10 bits per heavy atom. The van der Waals surface area contributed by atoms with Gasteiger partial charge in [0.1, 0.15) is 0 Å². The number of non-ortho nitro benzene ring substituents is 1. The van der Waals surface area contributed by atoms with Crippen LogP contribution in [0.15, 0.2) is 54.6 Å². The standard InChI is InChI=1S/C16H18N2O3/c19-12-15(9-13-5-2-1-3-6-13)17-11-14-7-4-8-16(10-14)18(20)21/h1-8,10,15,17,19H,9,11-12H2/t15-/m1/s1. The Morgan fingerprint density at radius 2 is 1.81 bits per heavy atom. The summed E-state index contributed by atoms with van der Waals surface area (Å²) in [5, 5.41) is 23.4. The average Bonchev–Trinajstić information content (AvgIpc) is 2.52. The van der Waals surface area contributed by atoms with E-state index < -0.39 is 4.92 Å². The van der Waals surface area contributed by atoms with Crippen molar-refractivity contribution in [3.05, 3.63) is 75.8 Å². The molecule has 0 heterocycles. The Labute approximate surface area is 123 Å². The van der Waals surface area contributed by atoms with E-state index in [4.69, 9.17) is 0 Å². The van der Waals surface area contributed by atoms with E-state index in [1.807, 2.05) is 36.4 Å². The summed E-state index contributed by atoms with van der Waals surface area (Å²) in [6.07, 6.45) is 0.715. The fraction of sp³-hybridized carbons (Fsp3) is 0.250. The van der Waals surface area contributed by atoms with Crippen LogP contribution in [0.3, 0.4) is 0 Å². The molecule has 2 rings (SSSR count). The average molecular weight is 286 g/mol. The monoisotopic (exact) mass is 286 g/mol. The normalized spacial score (nSPS) is 12.0. The van der Waals surface area contributed by atoms with Crippen molar-refractivity contribution in [3.63, 3.8) is 0 Å². The molecule has 5 heteroatoms. The molecule has 0 aliphatic heterocycles. The zero-order valence-corrected chi connectivity index (χ0v) is 11.6. The lowest BCUT2D eigenvalue weighted by Gasteiger charge is -2.16. The van der Waals surface area contributed by atoms with Crippen LogP contribution in [0.4, 0.5) is 5.69 Å². The first-order chi connectivity index (χ1) is 10.2. The molecule has 110 valence electrons. The first kappa shape index (κ1) is 15.2. The third kappa shape index (κ3) is 4.66. The van der Waals surface area contributed by atoms with Gasteiger partial charge in [-0.3, -0.25) is 10.1 Å². The van der Waals surface area contributed by atoms with Crippen LogP contribution in [0.1, 0.15) is 11.1 Å². The molecule has 0 amide bonds. The summed E-state index contributed by atoms with van der Waals surface area (Å²) in [4.78, 5) is 10.3. The first-order valence-corrected chi connectivity index (χ1v) is 6.80. The summed E-state index contributed by atoms with van der Waals surface area (Å²) in [5.74, 6) is 0. The maximum Gasteiger partial charge on any atom is 0.269 e. The van der Waals surface area contributed by atoms with E-state index in [9.17, 15) is 15.2 Å². The van der Waals surface area contributed by atoms with Crippen molar-refractivity contribution in [2.24, 2.45) is 0 Å². The van der Waals surface area contributed by atoms with E-state index >= 15 is 0 Å². The second-order valence-corrected chi connectivity index (χ2v) is 4.88. The number of hydrogen-bond acceptors (Lipinski definition) is 4. The lowest BCUT2D eigenvalue weighted by Crippen LogP contribution is -2.34. The molecule has 0 spiro atoms. The number of hydrogen-bond donors (Lipinski definition) is 2. The fourth-order valence-corrected chi connectivity index (χ4v) is 2.14. The first-order valence-electron chi connectivity index (χ1n) is 6.80. The van der Waals surface area contributed by atoms with Gasteiger partial charge in [0, 0.05) is 24.7 Å². The Balaban J connectivity index is 1.94. The predicted octanol–water partition coefficient (Wildman–Crippen LogP) is 2.29. The van der Waals surface area contributed by atoms with Crippen molar-refractivity contribution in [3.8, 4) is 0 Å². The highest BCUT2D eigenvalue weighted by atomic mass is 16.6. The summed E-state index contributed by atoms with van der Waals surface area (Å²) in [5.41, 5.74) is 2.05. The van der Waals surface area contributed by atoms with Crippen molar-refractivity contribution in [1.29, 1.82) is 0 Å². The lowest BCUT2D eigenvalue weighted by molar-refractivity contribution is -0.384. The molecule has 21 heavy (non-hydrogen) atoms. The number of aliphatic hydroxyl groups excluding tert-OH is 1. The van der Waals surface area contributed by atoms with Crippen molar-refractivity contribution in [2.75, 3.05) is 6.61 Å². The van der Waals surface area contributed by atoms with Gasteiger partial charge < -0.3 is 10.4 Å². The van der Waals surface area contributed by atoms with Crippen LogP contribution in [-0.4, -0.2) is 22.7 Å². The Bertz CT molecular complexity index is 587. The summed E-state index contributed by atoms with van der Waals surface area (Å²) >= 11 is 0. The SMILES string of the molecule is O=[N+]([O-])c1cccc(CN[C@@H](CO)Cc2ccccc2)c1. The van der Waals surface area contributed by atoms with Crippen molar-refractivity contribution in [1.82, 2.24) is 5.32 Å². The van der Waals surface area contributed by atoms with Crippen LogP contribution in [0, 0.1) is 10.1 Å². The predicted molar refractivity (Wildman–Crippen MR) is 81.0 cm³/mol. The van der Waals surface area contributed by atoms with Crippen LogP contribution >= 0.6 is 0 Å². The largest absolute Gasteiger partial charge is 0.395 e. The number of nitrogens with one attached hydrogen (secondary N) is 1. The molecule has 0 radical (unpaired) electrons. The van der Waals surface area contributed by atoms with Crippen LogP contribution < -0.4 is 5.32 Å². The van der Waals surface area contributed by atoms with Gasteiger partial charge in [0.05, 0.1) is 11.5 Å². The number of nitrogens with zero attached hydrogens (tertiary/aromatic N) is 1. The minimum atomic E-state index is -0.406. The van der Waals surface area contributed by atoms with E-state index in [-0.39, 0.29) is 18.3 Å². The quantitative estimate of drug-likeness (QED) is 0.605. The van der Waals surface area contributed by atoms with Crippen molar-refractivity contribution in [2.45, 2.75) is 19.0 Å². The van der Waals surface area contributed by atoms with Gasteiger partial charge in [0.2, 0.25) is 0 Å². The maximum atomic E-state index is 10.7. The van der Waals surface area contributed by atoms with Crippen LogP contribution in [0.25, 0.3) is 0 Å². The minimum Gasteiger partial charge on any atom is -0.395 e. The van der Waals surface area contributed by atoms with E-state index in [1.54, 1.807) is 12.1 Å². The van der Waals surface area contributed by atoms with Gasteiger partial charge in [0.25, 0.3) is 5.69 Å². The van der Waals surface area contributed by atoms with E-state index in [0.29, 0.717) is 13.0 Å². The van der Waals surface area contributed by atoms with E-state index in [2.05, 4.69) is 5.32 Å². The molecule has 0 aromatic heterocycles. The molecule has 0 saturated heterocycles. The Morgan fingerprint density at radius 3 is 2.48 bits per heavy atom. The molecule has 2 aromatic carbocycles. The molecule has 2 N–H and O–H groups in total. The Kier molecular flexibility index (Phi) is 5.43. The number of nitro benzene ring substituents is 1. The lowest BCUT2D eigenvalue weighted by atomic mass is 10.1.